The normalized spacial score (nSPS) is 11.6. The highest BCUT2D eigenvalue weighted by atomic mass is 15.0. The van der Waals surface area contributed by atoms with E-state index in [0.717, 1.165) is 61.4 Å². The maximum Gasteiger partial charge on any atom is 0.0963 e. The summed E-state index contributed by atoms with van der Waals surface area (Å²) in [6.07, 6.45) is 3.69. The molecule has 9 rings (SSSR count). The molecular weight excluding hydrogens is 548 g/mol. The minimum Gasteiger partial charge on any atom is -0.308 e. The van der Waals surface area contributed by atoms with E-state index in [2.05, 4.69) is 131 Å². The van der Waals surface area contributed by atoms with Crippen molar-refractivity contribution >= 4 is 43.5 Å². The lowest BCUT2D eigenvalue weighted by Crippen LogP contribution is -1.96. The van der Waals surface area contributed by atoms with Gasteiger partial charge in [0.05, 0.1) is 33.6 Å². The molecule has 0 aliphatic heterocycles. The van der Waals surface area contributed by atoms with Crippen LogP contribution < -0.4 is 0 Å². The van der Waals surface area contributed by atoms with E-state index >= 15 is 0 Å². The number of hydrogen-bond acceptors (Lipinski definition) is 3. The van der Waals surface area contributed by atoms with Crippen LogP contribution in [0.4, 0.5) is 0 Å². The summed E-state index contributed by atoms with van der Waals surface area (Å²) in [7, 11) is 0. The van der Waals surface area contributed by atoms with Crippen LogP contribution in [0.25, 0.3) is 82.9 Å². The van der Waals surface area contributed by atoms with Crippen LogP contribution in [-0.2, 0) is 0 Å². The van der Waals surface area contributed by atoms with E-state index in [4.69, 9.17) is 9.97 Å². The lowest BCUT2D eigenvalue weighted by Gasteiger charge is -2.15. The zero-order valence-electron chi connectivity index (χ0n) is 24.3. The molecule has 0 radical (unpaired) electrons. The predicted octanol–water partition coefficient (Wildman–Crippen LogP) is 10.3. The molecule has 0 spiro atoms. The van der Waals surface area contributed by atoms with Crippen LogP contribution in [0.5, 0.6) is 0 Å². The molecule has 210 valence electrons. The van der Waals surface area contributed by atoms with Crippen molar-refractivity contribution in [1.29, 1.82) is 0 Å². The fraction of sp³-hybridized carbons (Fsp3) is 0. The van der Waals surface area contributed by atoms with Gasteiger partial charge in [0.15, 0.2) is 0 Å². The van der Waals surface area contributed by atoms with Crippen LogP contribution in [0.3, 0.4) is 0 Å². The molecule has 4 heteroatoms. The third-order valence-electron chi connectivity index (χ3n) is 8.67. The lowest BCUT2D eigenvalue weighted by molar-refractivity contribution is 1.17. The second-order valence-electron chi connectivity index (χ2n) is 11.3. The Hall–Kier alpha value is -6.13. The Morgan fingerprint density at radius 2 is 1.07 bits per heavy atom. The minimum absolute atomic E-state index is 0.845. The number of fused-ring (bicyclic) bond motifs is 5. The van der Waals surface area contributed by atoms with E-state index < -0.39 is 0 Å². The SMILES string of the molecule is c1ccc(-c2cc(-c3ccc(-n4c5ccccc5c5ncccc54)cc3)cc(-c3c4ccccc4cc4ccccc34)n2)nc1. The number of nitrogens with zero attached hydrogens (tertiary/aromatic N) is 4. The smallest absolute Gasteiger partial charge is 0.0963 e. The van der Waals surface area contributed by atoms with Gasteiger partial charge < -0.3 is 4.57 Å². The summed E-state index contributed by atoms with van der Waals surface area (Å²) in [6.45, 7) is 0. The summed E-state index contributed by atoms with van der Waals surface area (Å²) < 4.78 is 2.29. The molecule has 45 heavy (non-hydrogen) atoms. The Kier molecular flexibility index (Phi) is 5.78. The molecule has 0 fully saturated rings. The van der Waals surface area contributed by atoms with E-state index in [1.54, 1.807) is 0 Å². The molecule has 0 aliphatic carbocycles. The number of benzene rings is 5. The highest BCUT2D eigenvalue weighted by Gasteiger charge is 2.16. The van der Waals surface area contributed by atoms with Crippen molar-refractivity contribution in [2.24, 2.45) is 0 Å². The Bertz CT molecular complexity index is 2420. The van der Waals surface area contributed by atoms with Gasteiger partial charge in [-0.05, 0) is 93.3 Å². The minimum atomic E-state index is 0.845. The van der Waals surface area contributed by atoms with Crippen molar-refractivity contribution in [3.63, 3.8) is 0 Å². The maximum atomic E-state index is 5.25. The van der Waals surface area contributed by atoms with Gasteiger partial charge in [0, 0.05) is 29.0 Å². The molecule has 0 amide bonds. The summed E-state index contributed by atoms with van der Waals surface area (Å²) in [5, 5.41) is 5.91. The monoisotopic (exact) mass is 574 g/mol. The molecular formula is C41H26N4. The third kappa shape index (κ3) is 4.19. The fourth-order valence-electron chi connectivity index (χ4n) is 6.62. The maximum absolute atomic E-state index is 5.25. The van der Waals surface area contributed by atoms with Crippen molar-refractivity contribution < 1.29 is 0 Å². The zero-order valence-corrected chi connectivity index (χ0v) is 24.3. The largest absolute Gasteiger partial charge is 0.308 e. The summed E-state index contributed by atoms with van der Waals surface area (Å²) in [5.41, 5.74) is 10.3. The Morgan fingerprint density at radius 1 is 0.422 bits per heavy atom. The van der Waals surface area contributed by atoms with E-state index in [1.807, 2.05) is 36.7 Å². The Balaban J connectivity index is 1.25. The Labute approximate surface area is 259 Å². The average molecular weight is 575 g/mol. The van der Waals surface area contributed by atoms with E-state index in [9.17, 15) is 0 Å². The van der Waals surface area contributed by atoms with Crippen LogP contribution in [0.15, 0.2) is 158 Å². The van der Waals surface area contributed by atoms with Crippen LogP contribution in [0.2, 0.25) is 0 Å². The van der Waals surface area contributed by atoms with Gasteiger partial charge in [-0.15, -0.1) is 0 Å². The summed E-state index contributed by atoms with van der Waals surface area (Å²) in [4.78, 5) is 14.6. The molecule has 0 saturated heterocycles. The number of para-hydroxylation sites is 1. The number of hydrogen-bond donors (Lipinski definition) is 0. The van der Waals surface area contributed by atoms with Crippen LogP contribution in [-0.4, -0.2) is 19.5 Å². The first-order valence-corrected chi connectivity index (χ1v) is 15.1. The third-order valence-corrected chi connectivity index (χ3v) is 8.67. The second-order valence-corrected chi connectivity index (χ2v) is 11.3. The quantitative estimate of drug-likeness (QED) is 0.196. The van der Waals surface area contributed by atoms with Gasteiger partial charge in [-0.3, -0.25) is 9.97 Å². The first-order chi connectivity index (χ1) is 22.3. The topological polar surface area (TPSA) is 43.6 Å². The van der Waals surface area contributed by atoms with Crippen LogP contribution >= 0.6 is 0 Å². The molecule has 4 aromatic heterocycles. The number of aromatic nitrogens is 4. The first kappa shape index (κ1) is 25.4. The summed E-state index contributed by atoms with van der Waals surface area (Å²) in [5.74, 6) is 0. The van der Waals surface area contributed by atoms with Gasteiger partial charge in [0.25, 0.3) is 0 Å². The van der Waals surface area contributed by atoms with E-state index in [0.29, 0.717) is 0 Å². The molecule has 4 nitrogen and oxygen atoms in total. The standard InChI is InChI=1S/C41H26N4/c1-3-12-32-28(10-1)24-29-11-2-4-13-33(29)40(32)37-26-30(25-36(44-37)35-15-7-8-22-42-35)27-18-20-31(21-19-27)45-38-16-6-5-14-34(38)41-39(45)17-9-23-43-41/h1-26H. The predicted molar refractivity (Wildman–Crippen MR) is 185 cm³/mol. The Morgan fingerprint density at radius 3 is 1.82 bits per heavy atom. The molecule has 5 aromatic carbocycles. The molecule has 9 aromatic rings. The van der Waals surface area contributed by atoms with E-state index in [-0.39, 0.29) is 0 Å². The number of rotatable bonds is 4. The van der Waals surface area contributed by atoms with Gasteiger partial charge in [0.2, 0.25) is 0 Å². The summed E-state index contributed by atoms with van der Waals surface area (Å²) in [6, 6.07) is 51.2. The molecule has 0 bridgehead atoms. The van der Waals surface area contributed by atoms with Gasteiger partial charge in [-0.1, -0.05) is 84.9 Å². The highest BCUT2D eigenvalue weighted by Crippen LogP contribution is 2.39. The number of pyridine rings is 3. The lowest BCUT2D eigenvalue weighted by atomic mass is 9.93. The van der Waals surface area contributed by atoms with Crippen molar-refractivity contribution in [3.05, 3.63) is 158 Å². The van der Waals surface area contributed by atoms with Crippen LogP contribution in [0, 0.1) is 0 Å². The fourth-order valence-corrected chi connectivity index (χ4v) is 6.62. The molecule has 0 unspecified atom stereocenters. The average Bonchev–Trinajstić information content (AvgIpc) is 3.45. The van der Waals surface area contributed by atoms with Gasteiger partial charge in [0.1, 0.15) is 0 Å². The molecule has 4 heterocycles. The van der Waals surface area contributed by atoms with Crippen molar-refractivity contribution in [1.82, 2.24) is 19.5 Å². The first-order valence-electron chi connectivity index (χ1n) is 15.1. The molecule has 0 saturated carbocycles. The zero-order chi connectivity index (χ0) is 29.7. The second kappa shape index (κ2) is 10.2. The molecule has 0 N–H and O–H groups in total. The molecule has 0 aliphatic rings. The van der Waals surface area contributed by atoms with Crippen molar-refractivity contribution in [2.45, 2.75) is 0 Å². The van der Waals surface area contributed by atoms with Gasteiger partial charge >= 0.3 is 0 Å². The van der Waals surface area contributed by atoms with Crippen molar-refractivity contribution in [2.75, 3.05) is 0 Å². The molecule has 0 atom stereocenters. The van der Waals surface area contributed by atoms with Crippen molar-refractivity contribution in [3.8, 4) is 39.5 Å². The van der Waals surface area contributed by atoms with Crippen LogP contribution in [0.1, 0.15) is 0 Å². The van der Waals surface area contributed by atoms with Gasteiger partial charge in [-0.25, -0.2) is 4.98 Å². The summed E-state index contributed by atoms with van der Waals surface area (Å²) >= 11 is 0. The highest BCUT2D eigenvalue weighted by molar-refractivity contribution is 6.12. The van der Waals surface area contributed by atoms with Gasteiger partial charge in [-0.2, -0.15) is 0 Å². The van der Waals surface area contributed by atoms with E-state index in [1.165, 1.54) is 21.5 Å².